The zero-order chi connectivity index (χ0) is 20.0. The number of nitrogens with one attached hydrogen (secondary N) is 2. The molecular formula is C17H20FN3O5S. The topological polar surface area (TPSA) is 118 Å². The molecule has 0 unspecified atom stereocenters. The van der Waals surface area contributed by atoms with Crippen molar-refractivity contribution in [3.05, 3.63) is 53.1 Å². The lowest BCUT2D eigenvalue weighted by molar-refractivity contribution is -0.123. The molecule has 0 fully saturated rings. The molecule has 2 aromatic rings. The van der Waals surface area contributed by atoms with Crippen molar-refractivity contribution in [2.45, 2.75) is 20.1 Å². The zero-order valence-electron chi connectivity index (χ0n) is 14.8. The van der Waals surface area contributed by atoms with Gasteiger partial charge in [-0.2, -0.15) is 0 Å². The summed E-state index contributed by atoms with van der Waals surface area (Å²) < 4.78 is 43.6. The van der Waals surface area contributed by atoms with E-state index < -0.39 is 21.7 Å². The van der Waals surface area contributed by atoms with E-state index in [0.29, 0.717) is 22.7 Å². The molecule has 8 nitrogen and oxygen atoms in total. The summed E-state index contributed by atoms with van der Waals surface area (Å²) in [6.45, 7) is 1.20. The predicted octanol–water partition coefficient (Wildman–Crippen LogP) is 1.09. The monoisotopic (exact) mass is 397 g/mol. The second-order valence-corrected chi connectivity index (χ2v) is 7.56. The van der Waals surface area contributed by atoms with Crippen LogP contribution in [0, 0.1) is 12.7 Å². The molecule has 0 aliphatic carbocycles. The molecule has 1 aromatic carbocycles. The second kappa shape index (κ2) is 8.78. The minimum absolute atomic E-state index is 0.0390. The Morgan fingerprint density at radius 3 is 2.67 bits per heavy atom. The van der Waals surface area contributed by atoms with Gasteiger partial charge in [0, 0.05) is 12.2 Å². The van der Waals surface area contributed by atoms with Gasteiger partial charge in [0.1, 0.15) is 17.3 Å². The summed E-state index contributed by atoms with van der Waals surface area (Å²) in [5, 5.41) is 11.8. The van der Waals surface area contributed by atoms with Crippen molar-refractivity contribution in [3.63, 3.8) is 0 Å². The first-order chi connectivity index (χ1) is 12.7. The summed E-state index contributed by atoms with van der Waals surface area (Å²) in [6.07, 6.45) is 0.923. The van der Waals surface area contributed by atoms with Crippen LogP contribution in [0.15, 0.2) is 30.3 Å². The summed E-state index contributed by atoms with van der Waals surface area (Å²) in [7, 11) is -3.58. The molecule has 0 aliphatic heterocycles. The molecule has 0 radical (unpaired) electrons. The van der Waals surface area contributed by atoms with E-state index in [2.05, 4.69) is 15.0 Å². The molecule has 1 aromatic heterocycles. The average molecular weight is 397 g/mol. The highest BCUT2D eigenvalue weighted by molar-refractivity contribution is 7.92. The molecule has 0 saturated heterocycles. The molecule has 27 heavy (non-hydrogen) atoms. The van der Waals surface area contributed by atoms with Crippen molar-refractivity contribution in [1.29, 1.82) is 0 Å². The summed E-state index contributed by atoms with van der Waals surface area (Å²) in [4.78, 5) is 16.0. The van der Waals surface area contributed by atoms with Crippen molar-refractivity contribution in [2.24, 2.45) is 0 Å². The fraction of sp³-hybridized carbons (Fsp3) is 0.294. The van der Waals surface area contributed by atoms with E-state index >= 15 is 0 Å². The second-order valence-electron chi connectivity index (χ2n) is 5.81. The Kier molecular flexibility index (Phi) is 6.70. The van der Waals surface area contributed by atoms with Gasteiger partial charge in [-0.15, -0.1) is 0 Å². The summed E-state index contributed by atoms with van der Waals surface area (Å²) >= 11 is 0. The van der Waals surface area contributed by atoms with Crippen LogP contribution in [0.4, 0.5) is 10.1 Å². The van der Waals surface area contributed by atoms with Crippen molar-refractivity contribution < 1.29 is 27.4 Å². The van der Waals surface area contributed by atoms with Crippen LogP contribution in [-0.2, 0) is 28.0 Å². The minimum atomic E-state index is -3.58. The van der Waals surface area contributed by atoms with Crippen LogP contribution in [0.1, 0.15) is 17.0 Å². The first-order valence-corrected chi connectivity index (χ1v) is 9.80. The fourth-order valence-corrected chi connectivity index (χ4v) is 2.75. The van der Waals surface area contributed by atoms with E-state index in [9.17, 15) is 22.7 Å². The molecule has 3 N–H and O–H groups in total. The minimum Gasteiger partial charge on any atom is -0.482 e. The lowest BCUT2D eigenvalue weighted by Gasteiger charge is -2.11. The molecule has 0 atom stereocenters. The number of rotatable bonds is 8. The third-order valence-corrected chi connectivity index (χ3v) is 3.99. The highest BCUT2D eigenvalue weighted by atomic mass is 32.2. The van der Waals surface area contributed by atoms with E-state index in [4.69, 9.17) is 4.74 Å². The van der Waals surface area contributed by atoms with E-state index in [-0.39, 0.29) is 25.4 Å². The van der Waals surface area contributed by atoms with Crippen molar-refractivity contribution in [1.82, 2.24) is 10.3 Å². The van der Waals surface area contributed by atoms with Crippen molar-refractivity contribution >= 4 is 21.6 Å². The maximum Gasteiger partial charge on any atom is 0.258 e. The summed E-state index contributed by atoms with van der Waals surface area (Å²) in [5.74, 6) is -0.888. The first kappa shape index (κ1) is 20.6. The number of hydrogen-bond donors (Lipinski definition) is 3. The summed E-state index contributed by atoms with van der Waals surface area (Å²) in [5.41, 5.74) is 1.33. The van der Waals surface area contributed by atoms with Gasteiger partial charge < -0.3 is 15.2 Å². The third-order valence-electron chi connectivity index (χ3n) is 3.40. The number of amides is 1. The predicted molar refractivity (Wildman–Crippen MR) is 97.1 cm³/mol. The van der Waals surface area contributed by atoms with E-state index in [1.54, 1.807) is 19.1 Å². The Labute approximate surface area is 156 Å². The Hall–Kier alpha value is -2.72. The van der Waals surface area contributed by atoms with Crippen LogP contribution in [-0.4, -0.2) is 37.3 Å². The smallest absolute Gasteiger partial charge is 0.258 e. The van der Waals surface area contributed by atoms with Crippen LogP contribution in [0.2, 0.25) is 0 Å². The molecule has 0 spiro atoms. The van der Waals surface area contributed by atoms with Gasteiger partial charge in [-0.05, 0) is 36.8 Å². The van der Waals surface area contributed by atoms with Gasteiger partial charge in [0.25, 0.3) is 5.91 Å². The third kappa shape index (κ3) is 6.50. The number of pyridine rings is 1. The Bertz CT molecular complexity index is 934. The fourth-order valence-electron chi connectivity index (χ4n) is 2.19. The molecule has 1 amide bonds. The quantitative estimate of drug-likeness (QED) is 0.614. The lowest BCUT2D eigenvalue weighted by Crippen LogP contribution is -2.28. The van der Waals surface area contributed by atoms with Crippen LogP contribution >= 0.6 is 0 Å². The maximum absolute atomic E-state index is 13.9. The van der Waals surface area contributed by atoms with Crippen molar-refractivity contribution in [3.8, 4) is 5.75 Å². The normalized spacial score (nSPS) is 11.1. The number of sulfonamides is 1. The van der Waals surface area contributed by atoms with Crippen molar-refractivity contribution in [2.75, 3.05) is 17.6 Å². The molecular weight excluding hydrogens is 377 g/mol. The largest absolute Gasteiger partial charge is 0.482 e. The van der Waals surface area contributed by atoms with E-state index in [1.165, 1.54) is 12.1 Å². The van der Waals surface area contributed by atoms with Gasteiger partial charge in [-0.3, -0.25) is 14.5 Å². The number of benzene rings is 1. The number of aryl methyl sites for hydroxylation is 1. The Morgan fingerprint density at radius 2 is 2.04 bits per heavy atom. The molecule has 10 heteroatoms. The van der Waals surface area contributed by atoms with Gasteiger partial charge in [0.15, 0.2) is 6.61 Å². The van der Waals surface area contributed by atoms with Crippen LogP contribution in [0.25, 0.3) is 0 Å². The highest BCUT2D eigenvalue weighted by Crippen LogP contribution is 2.18. The number of carbonyl (C=O) groups excluding carboxylic acids is 1. The van der Waals surface area contributed by atoms with Gasteiger partial charge in [0.2, 0.25) is 10.0 Å². The maximum atomic E-state index is 13.9. The molecule has 0 saturated carbocycles. The van der Waals surface area contributed by atoms with Crippen LogP contribution in [0.5, 0.6) is 5.75 Å². The molecule has 0 aliphatic rings. The number of halogens is 1. The van der Waals surface area contributed by atoms with Gasteiger partial charge >= 0.3 is 0 Å². The summed E-state index contributed by atoms with van der Waals surface area (Å²) in [6, 6.07) is 7.21. The Balaban J connectivity index is 1.89. The Morgan fingerprint density at radius 1 is 1.30 bits per heavy atom. The van der Waals surface area contributed by atoms with Crippen LogP contribution < -0.4 is 14.8 Å². The number of hydrogen-bond acceptors (Lipinski definition) is 6. The molecule has 0 bridgehead atoms. The van der Waals surface area contributed by atoms with E-state index in [0.717, 1.165) is 12.3 Å². The number of aliphatic hydroxyl groups excluding tert-OH is 1. The number of anilines is 1. The number of ether oxygens (including phenoxy) is 1. The number of aromatic nitrogens is 1. The zero-order valence-corrected chi connectivity index (χ0v) is 15.6. The van der Waals surface area contributed by atoms with Gasteiger partial charge in [-0.1, -0.05) is 6.07 Å². The number of nitrogens with zero attached hydrogens (tertiary/aromatic N) is 1. The van der Waals surface area contributed by atoms with E-state index in [1.807, 2.05) is 0 Å². The number of aliphatic hydroxyl groups is 1. The first-order valence-electron chi connectivity index (χ1n) is 7.91. The average Bonchev–Trinajstić information content (AvgIpc) is 2.59. The highest BCUT2D eigenvalue weighted by Gasteiger charge is 2.10. The molecule has 2 rings (SSSR count). The molecule has 1 heterocycles. The van der Waals surface area contributed by atoms with Crippen LogP contribution in [0.3, 0.4) is 0 Å². The molecule has 146 valence electrons. The standard InChI is InChI=1S/C17H20FN3O5S/c1-11-3-6-16(15(9-22)20-11)26-10-17(23)19-8-12-4-5-14(13(18)7-12)21-27(2,24)25/h3-7,21-22H,8-10H2,1-2H3,(H,19,23). The van der Waals surface area contributed by atoms with Gasteiger partial charge in [-0.25, -0.2) is 12.8 Å². The number of carbonyl (C=O) groups is 1. The SMILES string of the molecule is Cc1ccc(OCC(=O)NCc2ccc(NS(C)(=O)=O)c(F)c2)c(CO)n1. The lowest BCUT2D eigenvalue weighted by atomic mass is 10.2. The van der Waals surface area contributed by atoms with Gasteiger partial charge in [0.05, 0.1) is 18.6 Å².